The molecule has 0 aliphatic heterocycles. The third-order valence-corrected chi connectivity index (χ3v) is 1.18. The minimum Gasteiger partial charge on any atom is -0.324 e. The summed E-state index contributed by atoms with van der Waals surface area (Å²) >= 11 is 3.52. The van der Waals surface area contributed by atoms with Crippen molar-refractivity contribution in [2.45, 2.75) is 26.2 Å². The van der Waals surface area contributed by atoms with Crippen molar-refractivity contribution < 1.29 is 4.79 Å². The molecule has 1 N–H and O–H groups in total. The lowest BCUT2D eigenvalue weighted by molar-refractivity contribution is 0.263. The van der Waals surface area contributed by atoms with Gasteiger partial charge in [-0.3, -0.25) is 4.79 Å². The molecular weight excluding hydrogens is 146 g/mol. The third-order valence-electron chi connectivity index (χ3n) is 1.05. The van der Waals surface area contributed by atoms with E-state index in [1.54, 1.807) is 6.20 Å². The molecule has 0 aliphatic carbocycles. The van der Waals surface area contributed by atoms with Gasteiger partial charge in [-0.1, -0.05) is 38.5 Å². The van der Waals surface area contributed by atoms with Crippen LogP contribution in [0.1, 0.15) is 26.2 Å². The van der Waals surface area contributed by atoms with Crippen LogP contribution in [0.15, 0.2) is 12.3 Å². The van der Waals surface area contributed by atoms with Crippen molar-refractivity contribution in [3.8, 4) is 0 Å². The Hall–Kier alpha value is -0.440. The second kappa shape index (κ2) is 6.68. The van der Waals surface area contributed by atoms with Crippen molar-refractivity contribution in [2.75, 3.05) is 0 Å². The van der Waals surface area contributed by atoms with Gasteiger partial charge in [0.15, 0.2) is 0 Å². The molecule has 0 unspecified atom stereocenters. The summed E-state index contributed by atoms with van der Waals surface area (Å²) in [6, 6.07) is 0. The van der Waals surface area contributed by atoms with Gasteiger partial charge in [0.1, 0.15) is 0 Å². The molecule has 0 spiro atoms. The number of hydrogen-bond donors (Lipinski definition) is 2. The van der Waals surface area contributed by atoms with Gasteiger partial charge >= 0.3 is 0 Å². The summed E-state index contributed by atoms with van der Waals surface area (Å²) in [5.41, 5.74) is 0. The SMILES string of the molecule is CCCC/C=C/NC(=O)S. The molecule has 0 rings (SSSR count). The molecule has 0 aromatic heterocycles. The highest BCUT2D eigenvalue weighted by Crippen LogP contribution is 1.93. The van der Waals surface area contributed by atoms with Gasteiger partial charge in [0, 0.05) is 6.20 Å². The first kappa shape index (κ1) is 9.56. The van der Waals surface area contributed by atoms with Gasteiger partial charge in [-0.25, -0.2) is 0 Å². The molecule has 1 amide bonds. The molecule has 0 saturated carbocycles. The maximum Gasteiger partial charge on any atom is 0.279 e. The zero-order valence-electron chi connectivity index (χ0n) is 6.13. The molecule has 0 bridgehead atoms. The number of thiol groups is 1. The molecular formula is C7H13NOS. The lowest BCUT2D eigenvalue weighted by Crippen LogP contribution is -2.06. The Morgan fingerprint density at radius 1 is 1.70 bits per heavy atom. The Morgan fingerprint density at radius 2 is 2.40 bits per heavy atom. The van der Waals surface area contributed by atoms with E-state index in [0.717, 1.165) is 6.42 Å². The second-order valence-electron chi connectivity index (χ2n) is 1.99. The van der Waals surface area contributed by atoms with Crippen LogP contribution in [0, 0.1) is 0 Å². The molecule has 0 fully saturated rings. The van der Waals surface area contributed by atoms with E-state index in [1.165, 1.54) is 12.8 Å². The van der Waals surface area contributed by atoms with Crippen molar-refractivity contribution >= 4 is 17.9 Å². The van der Waals surface area contributed by atoms with Gasteiger partial charge in [0.2, 0.25) is 0 Å². The van der Waals surface area contributed by atoms with E-state index in [4.69, 9.17) is 0 Å². The number of carbonyl (C=O) groups excluding carboxylic acids is 1. The van der Waals surface area contributed by atoms with Crippen molar-refractivity contribution in [1.82, 2.24) is 5.32 Å². The molecule has 0 radical (unpaired) electrons. The summed E-state index contributed by atoms with van der Waals surface area (Å²) in [5.74, 6) is 0. The van der Waals surface area contributed by atoms with Crippen molar-refractivity contribution in [1.29, 1.82) is 0 Å². The molecule has 0 atom stereocenters. The van der Waals surface area contributed by atoms with Crippen LogP contribution < -0.4 is 5.32 Å². The number of rotatable bonds is 4. The number of unbranched alkanes of at least 4 members (excludes halogenated alkanes) is 2. The molecule has 0 saturated heterocycles. The molecule has 3 heteroatoms. The Bertz CT molecular complexity index is 123. The van der Waals surface area contributed by atoms with E-state index in [2.05, 4.69) is 24.9 Å². The first-order valence-electron chi connectivity index (χ1n) is 3.42. The molecule has 0 aliphatic rings. The van der Waals surface area contributed by atoms with Crippen LogP contribution in [-0.2, 0) is 0 Å². The lowest BCUT2D eigenvalue weighted by atomic mass is 10.2. The van der Waals surface area contributed by atoms with E-state index in [9.17, 15) is 4.79 Å². The summed E-state index contributed by atoms with van der Waals surface area (Å²) in [7, 11) is 0. The van der Waals surface area contributed by atoms with Gasteiger partial charge in [-0.15, -0.1) is 0 Å². The Kier molecular flexibility index (Phi) is 6.38. The zero-order chi connectivity index (χ0) is 7.82. The average molecular weight is 159 g/mol. The lowest BCUT2D eigenvalue weighted by Gasteiger charge is -1.89. The van der Waals surface area contributed by atoms with E-state index < -0.39 is 0 Å². The number of allylic oxidation sites excluding steroid dienone is 1. The zero-order valence-corrected chi connectivity index (χ0v) is 7.03. The van der Waals surface area contributed by atoms with E-state index >= 15 is 0 Å². The van der Waals surface area contributed by atoms with Gasteiger partial charge in [0.05, 0.1) is 0 Å². The predicted octanol–water partition coefficient (Wildman–Crippen LogP) is 2.33. The summed E-state index contributed by atoms with van der Waals surface area (Å²) < 4.78 is 0. The van der Waals surface area contributed by atoms with Crippen molar-refractivity contribution in [3.05, 3.63) is 12.3 Å². The van der Waals surface area contributed by atoms with Crippen LogP contribution in [0.25, 0.3) is 0 Å². The molecule has 10 heavy (non-hydrogen) atoms. The molecule has 58 valence electrons. The maximum absolute atomic E-state index is 10.2. The fourth-order valence-electron chi connectivity index (χ4n) is 0.536. The average Bonchev–Trinajstić information content (AvgIpc) is 1.87. The maximum atomic E-state index is 10.2. The van der Waals surface area contributed by atoms with Gasteiger partial charge < -0.3 is 5.32 Å². The molecule has 0 heterocycles. The Labute approximate surface area is 67.1 Å². The number of nitrogens with one attached hydrogen (secondary N) is 1. The predicted molar refractivity (Wildman–Crippen MR) is 46.2 cm³/mol. The number of hydrogen-bond acceptors (Lipinski definition) is 1. The second-order valence-corrected chi connectivity index (χ2v) is 2.40. The normalized spacial score (nSPS) is 10.2. The molecule has 0 aromatic carbocycles. The monoisotopic (exact) mass is 159 g/mol. The van der Waals surface area contributed by atoms with Gasteiger partial charge in [-0.05, 0) is 6.42 Å². The summed E-state index contributed by atoms with van der Waals surface area (Å²) in [6.45, 7) is 2.13. The highest BCUT2D eigenvalue weighted by molar-refractivity contribution is 7.96. The first-order chi connectivity index (χ1) is 4.77. The number of amides is 1. The highest BCUT2D eigenvalue weighted by Gasteiger charge is 1.82. The summed E-state index contributed by atoms with van der Waals surface area (Å²) in [6.07, 6.45) is 6.92. The summed E-state index contributed by atoms with van der Waals surface area (Å²) in [4.78, 5) is 10.2. The smallest absolute Gasteiger partial charge is 0.279 e. The van der Waals surface area contributed by atoms with E-state index in [1.807, 2.05) is 6.08 Å². The van der Waals surface area contributed by atoms with Crippen molar-refractivity contribution in [3.63, 3.8) is 0 Å². The quantitative estimate of drug-likeness (QED) is 0.478. The van der Waals surface area contributed by atoms with Gasteiger partial charge in [0.25, 0.3) is 5.24 Å². The topological polar surface area (TPSA) is 29.1 Å². The number of carbonyl (C=O) groups is 1. The highest BCUT2D eigenvalue weighted by atomic mass is 32.1. The Balaban J connectivity index is 3.12. The van der Waals surface area contributed by atoms with E-state index in [-0.39, 0.29) is 5.24 Å². The molecule has 0 aromatic rings. The van der Waals surface area contributed by atoms with Crippen LogP contribution in [0.4, 0.5) is 4.79 Å². The third kappa shape index (κ3) is 7.56. The minimum absolute atomic E-state index is 0.312. The van der Waals surface area contributed by atoms with Crippen LogP contribution in [0.5, 0.6) is 0 Å². The van der Waals surface area contributed by atoms with Crippen molar-refractivity contribution in [2.24, 2.45) is 0 Å². The fourth-order valence-corrected chi connectivity index (χ4v) is 0.610. The first-order valence-corrected chi connectivity index (χ1v) is 3.86. The molecule has 2 nitrogen and oxygen atoms in total. The van der Waals surface area contributed by atoms with E-state index in [0.29, 0.717) is 0 Å². The summed E-state index contributed by atoms with van der Waals surface area (Å²) in [5, 5.41) is 2.14. The van der Waals surface area contributed by atoms with Crippen LogP contribution in [-0.4, -0.2) is 5.24 Å². The fraction of sp³-hybridized carbons (Fsp3) is 0.571. The van der Waals surface area contributed by atoms with Crippen LogP contribution in [0.2, 0.25) is 0 Å². The van der Waals surface area contributed by atoms with Crippen LogP contribution in [0.3, 0.4) is 0 Å². The minimum atomic E-state index is -0.312. The van der Waals surface area contributed by atoms with Crippen LogP contribution >= 0.6 is 12.6 Å². The standard InChI is InChI=1S/C7H13NOS/c1-2-3-4-5-6-8-7(9)10/h5-6H,2-4H2,1H3,(H2,8,9,10)/b6-5+. The largest absolute Gasteiger partial charge is 0.324 e. The Morgan fingerprint density at radius 3 is 2.90 bits per heavy atom. The van der Waals surface area contributed by atoms with Gasteiger partial charge in [-0.2, -0.15) is 0 Å².